The second-order valence-corrected chi connectivity index (χ2v) is 8.27. The van der Waals surface area contributed by atoms with Crippen LogP contribution in [0.15, 0.2) is 12.2 Å². The molecule has 1 N–H and O–H groups in total. The third kappa shape index (κ3) is 11.5. The summed E-state index contributed by atoms with van der Waals surface area (Å²) < 4.78 is 0. The lowest BCUT2D eigenvalue weighted by atomic mass is 10.0. The number of aliphatic carboxylic acids is 1. The van der Waals surface area contributed by atoms with E-state index in [4.69, 9.17) is 0 Å². The number of carboxylic acids is 1. The van der Waals surface area contributed by atoms with Crippen molar-refractivity contribution in [2.24, 2.45) is 0 Å². The molecule has 28 heavy (non-hydrogen) atoms. The van der Waals surface area contributed by atoms with E-state index < -0.39 is 12.0 Å². The maximum Gasteiger partial charge on any atom is 0.326 e. The summed E-state index contributed by atoms with van der Waals surface area (Å²) in [5.41, 5.74) is 0. The molecule has 1 aliphatic heterocycles. The zero-order valence-electron chi connectivity index (χ0n) is 18.2. The number of nitrogens with zero attached hydrogens (tertiary/aromatic N) is 1. The summed E-state index contributed by atoms with van der Waals surface area (Å²) >= 11 is 0. The van der Waals surface area contributed by atoms with E-state index in [1.807, 2.05) is 0 Å². The number of unbranched alkanes of at least 4 members (excludes halogenated alkanes) is 11. The highest BCUT2D eigenvalue weighted by Gasteiger charge is 2.31. The van der Waals surface area contributed by atoms with Crippen molar-refractivity contribution < 1.29 is 14.7 Å². The van der Waals surface area contributed by atoms with Gasteiger partial charge in [-0.25, -0.2) is 4.79 Å². The van der Waals surface area contributed by atoms with Gasteiger partial charge in [0.25, 0.3) is 0 Å². The van der Waals surface area contributed by atoms with Crippen molar-refractivity contribution in [3.8, 4) is 0 Å². The summed E-state index contributed by atoms with van der Waals surface area (Å²) in [6.07, 6.45) is 23.8. The van der Waals surface area contributed by atoms with Crippen LogP contribution in [0.2, 0.25) is 0 Å². The monoisotopic (exact) mass is 393 g/mol. The quantitative estimate of drug-likeness (QED) is 0.241. The minimum atomic E-state index is -0.849. The van der Waals surface area contributed by atoms with Gasteiger partial charge in [-0.3, -0.25) is 4.79 Å². The van der Waals surface area contributed by atoms with E-state index in [9.17, 15) is 14.7 Å². The average molecular weight is 394 g/mol. The largest absolute Gasteiger partial charge is 0.480 e. The molecule has 0 radical (unpaired) electrons. The van der Waals surface area contributed by atoms with Gasteiger partial charge in [-0.1, -0.05) is 70.4 Å². The Morgan fingerprint density at radius 2 is 1.43 bits per heavy atom. The Morgan fingerprint density at radius 3 is 2.04 bits per heavy atom. The van der Waals surface area contributed by atoms with Crippen LogP contribution in [0.25, 0.3) is 0 Å². The van der Waals surface area contributed by atoms with Crippen molar-refractivity contribution in [2.75, 3.05) is 6.54 Å². The van der Waals surface area contributed by atoms with Gasteiger partial charge in [-0.15, -0.1) is 0 Å². The van der Waals surface area contributed by atoms with E-state index in [-0.39, 0.29) is 5.91 Å². The lowest BCUT2D eigenvalue weighted by molar-refractivity contribution is -0.152. The van der Waals surface area contributed by atoms with Crippen LogP contribution in [0, 0.1) is 0 Å². The zero-order valence-corrected chi connectivity index (χ0v) is 18.2. The molecule has 1 unspecified atom stereocenters. The lowest BCUT2D eigenvalue weighted by Crippen LogP contribution is -2.47. The normalized spacial score (nSPS) is 17.3. The van der Waals surface area contributed by atoms with Crippen molar-refractivity contribution >= 4 is 11.9 Å². The highest BCUT2D eigenvalue weighted by molar-refractivity contribution is 5.83. The molecule has 162 valence electrons. The standard InChI is InChI=1S/C24H43NO3/c1-2-3-4-5-6-7-8-9-10-11-12-13-14-15-16-20-23(26)25-21-18-17-19-22(25)24(27)28/h9-10,22H,2-8,11-21H2,1H3,(H,27,28)/b10-9-. The van der Waals surface area contributed by atoms with E-state index >= 15 is 0 Å². The fourth-order valence-corrected chi connectivity index (χ4v) is 3.98. The lowest BCUT2D eigenvalue weighted by Gasteiger charge is -2.33. The van der Waals surface area contributed by atoms with Crippen molar-refractivity contribution in [3.05, 3.63) is 12.2 Å². The molecule has 0 aromatic carbocycles. The molecular weight excluding hydrogens is 350 g/mol. The number of hydrogen-bond donors (Lipinski definition) is 1. The second-order valence-electron chi connectivity index (χ2n) is 8.27. The van der Waals surface area contributed by atoms with Gasteiger partial charge in [-0.05, 0) is 51.4 Å². The first kappa shape index (κ1) is 24.7. The summed E-state index contributed by atoms with van der Waals surface area (Å²) in [5.74, 6) is -0.817. The molecule has 1 aliphatic rings. The Bertz CT molecular complexity index is 447. The van der Waals surface area contributed by atoms with E-state index in [0.29, 0.717) is 19.4 Å². The number of carbonyl (C=O) groups is 2. The molecule has 1 rings (SSSR count). The van der Waals surface area contributed by atoms with Crippen LogP contribution in [0.1, 0.15) is 116 Å². The molecule has 0 spiro atoms. The predicted molar refractivity (Wildman–Crippen MR) is 116 cm³/mol. The Kier molecular flexibility index (Phi) is 14.7. The fourth-order valence-electron chi connectivity index (χ4n) is 3.98. The second kappa shape index (κ2) is 16.6. The van der Waals surface area contributed by atoms with Gasteiger partial charge in [0.1, 0.15) is 6.04 Å². The summed E-state index contributed by atoms with van der Waals surface area (Å²) in [7, 11) is 0. The van der Waals surface area contributed by atoms with Gasteiger partial charge in [0.05, 0.1) is 0 Å². The van der Waals surface area contributed by atoms with Crippen LogP contribution in [0.3, 0.4) is 0 Å². The van der Waals surface area contributed by atoms with E-state index in [2.05, 4.69) is 19.1 Å². The molecule has 4 nitrogen and oxygen atoms in total. The molecule has 0 bridgehead atoms. The fraction of sp³-hybridized carbons (Fsp3) is 0.833. The van der Waals surface area contributed by atoms with Gasteiger partial charge in [-0.2, -0.15) is 0 Å². The van der Waals surface area contributed by atoms with Gasteiger partial charge in [0, 0.05) is 13.0 Å². The van der Waals surface area contributed by atoms with Crippen LogP contribution in [-0.4, -0.2) is 34.5 Å². The molecule has 0 saturated carbocycles. The summed E-state index contributed by atoms with van der Waals surface area (Å²) in [6, 6.07) is -0.593. The number of carboxylic acid groups (broad SMARTS) is 1. The van der Waals surface area contributed by atoms with Crippen LogP contribution < -0.4 is 0 Å². The third-order valence-electron chi connectivity index (χ3n) is 5.76. The number of rotatable bonds is 16. The number of likely N-dealkylation sites (tertiary alicyclic amines) is 1. The minimum Gasteiger partial charge on any atom is -0.480 e. The Balaban J connectivity index is 1.94. The molecule has 4 heteroatoms. The number of carbonyl (C=O) groups excluding carboxylic acids is 1. The SMILES string of the molecule is CCCCCCCC/C=C\CCCCCCCC(=O)N1CCCCC1C(=O)O. The Hall–Kier alpha value is -1.32. The predicted octanol–water partition coefficient (Wildman–Crippen LogP) is 6.49. The highest BCUT2D eigenvalue weighted by atomic mass is 16.4. The average Bonchev–Trinajstić information content (AvgIpc) is 2.70. The van der Waals surface area contributed by atoms with Crippen LogP contribution in [0.4, 0.5) is 0 Å². The topological polar surface area (TPSA) is 57.6 Å². The van der Waals surface area contributed by atoms with Gasteiger partial charge >= 0.3 is 5.97 Å². The maximum absolute atomic E-state index is 12.3. The molecular formula is C24H43NO3. The van der Waals surface area contributed by atoms with E-state index in [1.54, 1.807) is 4.90 Å². The van der Waals surface area contributed by atoms with Crippen molar-refractivity contribution in [3.63, 3.8) is 0 Å². The third-order valence-corrected chi connectivity index (χ3v) is 5.76. The molecule has 0 aromatic rings. The first-order valence-electron chi connectivity index (χ1n) is 11.8. The van der Waals surface area contributed by atoms with Crippen LogP contribution in [-0.2, 0) is 9.59 Å². The van der Waals surface area contributed by atoms with Crippen molar-refractivity contribution in [1.29, 1.82) is 0 Å². The number of piperidine rings is 1. The smallest absolute Gasteiger partial charge is 0.326 e. The van der Waals surface area contributed by atoms with Gasteiger partial charge < -0.3 is 10.0 Å². The van der Waals surface area contributed by atoms with Crippen molar-refractivity contribution in [2.45, 2.75) is 122 Å². The first-order chi connectivity index (χ1) is 13.7. The van der Waals surface area contributed by atoms with Crippen LogP contribution in [0.5, 0.6) is 0 Å². The highest BCUT2D eigenvalue weighted by Crippen LogP contribution is 2.19. The van der Waals surface area contributed by atoms with Gasteiger partial charge in [0.15, 0.2) is 0 Å². The Labute approximate surface area is 172 Å². The first-order valence-corrected chi connectivity index (χ1v) is 11.8. The molecule has 1 saturated heterocycles. The minimum absolute atomic E-state index is 0.0322. The van der Waals surface area contributed by atoms with Crippen molar-refractivity contribution in [1.82, 2.24) is 4.90 Å². The molecule has 1 amide bonds. The summed E-state index contributed by atoms with van der Waals surface area (Å²) in [6.45, 7) is 2.87. The number of amides is 1. The summed E-state index contributed by atoms with van der Waals surface area (Å²) in [5, 5.41) is 9.26. The van der Waals surface area contributed by atoms with Crippen LogP contribution >= 0.6 is 0 Å². The summed E-state index contributed by atoms with van der Waals surface area (Å²) in [4.78, 5) is 25.2. The van der Waals surface area contributed by atoms with E-state index in [1.165, 1.54) is 70.6 Å². The van der Waals surface area contributed by atoms with Gasteiger partial charge in [0.2, 0.25) is 5.91 Å². The molecule has 1 fully saturated rings. The molecule has 0 aliphatic carbocycles. The maximum atomic E-state index is 12.3. The van der Waals surface area contributed by atoms with E-state index in [0.717, 1.165) is 25.7 Å². The zero-order chi connectivity index (χ0) is 20.5. The molecule has 1 atom stereocenters. The number of hydrogen-bond acceptors (Lipinski definition) is 2. The number of allylic oxidation sites excluding steroid dienone is 2. The Morgan fingerprint density at radius 1 is 0.857 bits per heavy atom. The molecule has 0 aromatic heterocycles. The molecule has 1 heterocycles.